The normalized spacial score (nSPS) is 29.8. The Hall–Kier alpha value is -0.610. The minimum Gasteiger partial charge on any atom is -0.341 e. The zero-order valence-corrected chi connectivity index (χ0v) is 12.5. The van der Waals surface area contributed by atoms with Gasteiger partial charge < -0.3 is 10.6 Å². The van der Waals surface area contributed by atoms with Crippen molar-refractivity contribution in [1.29, 1.82) is 0 Å². The zero-order valence-electron chi connectivity index (χ0n) is 12.5. The van der Waals surface area contributed by atoms with Crippen LogP contribution in [0.5, 0.6) is 0 Å². The van der Waals surface area contributed by atoms with Crippen molar-refractivity contribution < 1.29 is 4.79 Å². The Morgan fingerprint density at radius 3 is 2.58 bits per heavy atom. The largest absolute Gasteiger partial charge is 0.341 e. The van der Waals surface area contributed by atoms with Gasteiger partial charge in [-0.25, -0.2) is 0 Å². The molecule has 1 heterocycles. The second kappa shape index (κ2) is 6.71. The van der Waals surface area contributed by atoms with Crippen LogP contribution in [0.25, 0.3) is 0 Å². The summed E-state index contributed by atoms with van der Waals surface area (Å²) in [5, 5.41) is 0. The van der Waals surface area contributed by atoms with E-state index in [1.165, 1.54) is 25.7 Å². The summed E-state index contributed by atoms with van der Waals surface area (Å²) in [6, 6.07) is 0.490. The number of rotatable bonds is 4. The standard InChI is InChI=1S/C15H29N3O/c1-12(15(19)18-9-4-3-5-10-18)17(2)14-8-6-7-13(14)11-16/h12-14H,3-11,16H2,1-2H3. The highest BCUT2D eigenvalue weighted by atomic mass is 16.2. The molecule has 0 bridgehead atoms. The summed E-state index contributed by atoms with van der Waals surface area (Å²) in [5.41, 5.74) is 5.86. The quantitative estimate of drug-likeness (QED) is 0.838. The lowest BCUT2D eigenvalue weighted by atomic mass is 10.0. The Bertz CT molecular complexity index is 302. The van der Waals surface area contributed by atoms with Crippen molar-refractivity contribution in [2.75, 3.05) is 26.7 Å². The Morgan fingerprint density at radius 2 is 1.95 bits per heavy atom. The Kier molecular flexibility index (Phi) is 5.22. The molecule has 1 saturated heterocycles. The van der Waals surface area contributed by atoms with Crippen LogP contribution >= 0.6 is 0 Å². The molecule has 3 unspecified atom stereocenters. The molecule has 2 aliphatic rings. The van der Waals surface area contributed by atoms with E-state index >= 15 is 0 Å². The monoisotopic (exact) mass is 267 g/mol. The second-order valence-corrected chi connectivity index (χ2v) is 6.22. The molecule has 4 nitrogen and oxygen atoms in total. The minimum atomic E-state index is -0.00440. The summed E-state index contributed by atoms with van der Waals surface area (Å²) < 4.78 is 0. The summed E-state index contributed by atoms with van der Waals surface area (Å²) in [7, 11) is 2.10. The van der Waals surface area contributed by atoms with E-state index in [4.69, 9.17) is 5.73 Å². The molecule has 0 aromatic heterocycles. The number of carbonyl (C=O) groups excluding carboxylic acids is 1. The van der Waals surface area contributed by atoms with Gasteiger partial charge in [0.05, 0.1) is 6.04 Å². The maximum Gasteiger partial charge on any atom is 0.239 e. The topological polar surface area (TPSA) is 49.6 Å². The van der Waals surface area contributed by atoms with Gasteiger partial charge >= 0.3 is 0 Å². The number of carbonyl (C=O) groups is 1. The fourth-order valence-corrected chi connectivity index (χ4v) is 3.67. The molecule has 1 aliphatic heterocycles. The molecule has 4 heteroatoms. The maximum absolute atomic E-state index is 12.5. The van der Waals surface area contributed by atoms with Crippen molar-refractivity contribution in [2.45, 2.75) is 57.5 Å². The molecule has 2 rings (SSSR count). The first kappa shape index (κ1) is 14.8. The van der Waals surface area contributed by atoms with Crippen molar-refractivity contribution in [3.05, 3.63) is 0 Å². The van der Waals surface area contributed by atoms with E-state index in [9.17, 15) is 4.79 Å². The van der Waals surface area contributed by atoms with Crippen LogP contribution in [0, 0.1) is 5.92 Å². The first-order chi connectivity index (χ1) is 9.15. The van der Waals surface area contributed by atoms with Crippen LogP contribution in [0.15, 0.2) is 0 Å². The number of nitrogens with zero attached hydrogens (tertiary/aromatic N) is 2. The highest BCUT2D eigenvalue weighted by molar-refractivity contribution is 5.81. The number of likely N-dealkylation sites (N-methyl/N-ethyl adjacent to an activating group) is 1. The lowest BCUT2D eigenvalue weighted by molar-refractivity contribution is -0.137. The average molecular weight is 267 g/mol. The molecule has 110 valence electrons. The molecule has 3 atom stereocenters. The van der Waals surface area contributed by atoms with Crippen molar-refractivity contribution in [3.63, 3.8) is 0 Å². The molecule has 1 amide bonds. The Morgan fingerprint density at radius 1 is 1.26 bits per heavy atom. The number of amides is 1. The third-order valence-electron chi connectivity index (χ3n) is 5.08. The lowest BCUT2D eigenvalue weighted by Gasteiger charge is -2.37. The smallest absolute Gasteiger partial charge is 0.239 e. The maximum atomic E-state index is 12.5. The van der Waals surface area contributed by atoms with Gasteiger partial charge in [-0.05, 0) is 58.5 Å². The van der Waals surface area contributed by atoms with Crippen molar-refractivity contribution in [3.8, 4) is 0 Å². The van der Waals surface area contributed by atoms with Crippen LogP contribution in [0.4, 0.5) is 0 Å². The molecule has 1 aliphatic carbocycles. The van der Waals surface area contributed by atoms with Gasteiger partial charge in [0.25, 0.3) is 0 Å². The fraction of sp³-hybridized carbons (Fsp3) is 0.933. The zero-order chi connectivity index (χ0) is 13.8. The van der Waals surface area contributed by atoms with Gasteiger partial charge in [0.1, 0.15) is 0 Å². The minimum absolute atomic E-state index is 0.00440. The highest BCUT2D eigenvalue weighted by Crippen LogP contribution is 2.30. The summed E-state index contributed by atoms with van der Waals surface area (Å²) in [6.07, 6.45) is 7.26. The molecule has 0 radical (unpaired) electrons. The molecular weight excluding hydrogens is 238 g/mol. The van der Waals surface area contributed by atoms with Crippen LogP contribution in [0.3, 0.4) is 0 Å². The molecule has 19 heavy (non-hydrogen) atoms. The van der Waals surface area contributed by atoms with E-state index in [2.05, 4.69) is 23.8 Å². The first-order valence-corrected chi connectivity index (χ1v) is 7.86. The van der Waals surface area contributed by atoms with E-state index in [-0.39, 0.29) is 6.04 Å². The summed E-state index contributed by atoms with van der Waals surface area (Å²) in [4.78, 5) is 16.9. The van der Waals surface area contributed by atoms with Gasteiger partial charge in [-0.15, -0.1) is 0 Å². The second-order valence-electron chi connectivity index (χ2n) is 6.22. The van der Waals surface area contributed by atoms with E-state index in [0.717, 1.165) is 32.5 Å². The van der Waals surface area contributed by atoms with E-state index in [1.807, 2.05) is 0 Å². The SMILES string of the molecule is CC(C(=O)N1CCCCC1)N(C)C1CCCC1CN. The van der Waals surface area contributed by atoms with Crippen LogP contribution in [0.1, 0.15) is 45.4 Å². The Balaban J connectivity index is 1.93. The lowest BCUT2D eigenvalue weighted by Crippen LogP contribution is -2.51. The number of piperidine rings is 1. The first-order valence-electron chi connectivity index (χ1n) is 7.86. The summed E-state index contributed by atoms with van der Waals surface area (Å²) in [5.74, 6) is 0.881. The highest BCUT2D eigenvalue weighted by Gasteiger charge is 2.34. The average Bonchev–Trinajstić information content (AvgIpc) is 2.94. The van der Waals surface area contributed by atoms with Crippen molar-refractivity contribution in [2.24, 2.45) is 11.7 Å². The van der Waals surface area contributed by atoms with Gasteiger partial charge in [-0.2, -0.15) is 0 Å². The summed E-state index contributed by atoms with van der Waals surface area (Å²) in [6.45, 7) is 4.70. The molecule has 0 spiro atoms. The van der Waals surface area contributed by atoms with Gasteiger partial charge in [0.15, 0.2) is 0 Å². The third-order valence-corrected chi connectivity index (χ3v) is 5.08. The summed E-state index contributed by atoms with van der Waals surface area (Å²) >= 11 is 0. The van der Waals surface area contributed by atoms with E-state index in [0.29, 0.717) is 17.9 Å². The molecule has 2 N–H and O–H groups in total. The third kappa shape index (κ3) is 3.29. The Labute approximate surface area is 117 Å². The van der Waals surface area contributed by atoms with Crippen molar-refractivity contribution in [1.82, 2.24) is 9.80 Å². The molecule has 1 saturated carbocycles. The molecule has 0 aromatic rings. The molecule has 0 aromatic carbocycles. The number of nitrogens with two attached hydrogens (primary N) is 1. The van der Waals surface area contributed by atoms with Gasteiger partial charge in [0, 0.05) is 19.1 Å². The van der Waals surface area contributed by atoms with Crippen LogP contribution < -0.4 is 5.73 Å². The molecule has 2 fully saturated rings. The number of likely N-dealkylation sites (tertiary alicyclic amines) is 1. The fourth-order valence-electron chi connectivity index (χ4n) is 3.67. The number of hydrogen-bond acceptors (Lipinski definition) is 3. The van der Waals surface area contributed by atoms with Gasteiger partial charge in [0.2, 0.25) is 5.91 Å². The van der Waals surface area contributed by atoms with Gasteiger partial charge in [-0.1, -0.05) is 6.42 Å². The van der Waals surface area contributed by atoms with E-state index < -0.39 is 0 Å². The predicted octanol–water partition coefficient (Wildman–Crippen LogP) is 1.45. The van der Waals surface area contributed by atoms with Crippen LogP contribution in [-0.2, 0) is 4.79 Å². The number of hydrogen-bond donors (Lipinski definition) is 1. The van der Waals surface area contributed by atoms with E-state index in [1.54, 1.807) is 0 Å². The van der Waals surface area contributed by atoms with Gasteiger partial charge in [-0.3, -0.25) is 9.69 Å². The van der Waals surface area contributed by atoms with Crippen molar-refractivity contribution >= 4 is 5.91 Å². The molecular formula is C15H29N3O. The van der Waals surface area contributed by atoms with Crippen LogP contribution in [0.2, 0.25) is 0 Å². The predicted molar refractivity (Wildman–Crippen MR) is 77.8 cm³/mol. The van der Waals surface area contributed by atoms with Crippen LogP contribution in [-0.4, -0.2) is 54.5 Å².